The fraction of sp³-hybridized carbons (Fsp3) is 0.381. The van der Waals surface area contributed by atoms with Crippen LogP contribution < -0.4 is 9.80 Å². The molecule has 1 aromatic carbocycles. The number of amides is 1. The zero-order valence-electron chi connectivity index (χ0n) is 16.6. The Balaban J connectivity index is 1.25. The van der Waals surface area contributed by atoms with Gasteiger partial charge in [0.1, 0.15) is 0 Å². The number of ether oxygens (including phenoxy) is 1. The van der Waals surface area contributed by atoms with Crippen LogP contribution in [0.25, 0.3) is 11.0 Å². The molecule has 9 heteroatoms. The summed E-state index contributed by atoms with van der Waals surface area (Å²) in [6.45, 7) is 5.92. The Hall–Kier alpha value is -3.33. The molecule has 0 aliphatic carbocycles. The van der Waals surface area contributed by atoms with Crippen LogP contribution in [-0.4, -0.2) is 83.5 Å². The highest BCUT2D eigenvalue weighted by Crippen LogP contribution is 2.22. The van der Waals surface area contributed by atoms with Crippen molar-refractivity contribution in [2.75, 3.05) is 62.3 Å². The number of morpholine rings is 1. The lowest BCUT2D eigenvalue weighted by Crippen LogP contribution is -2.49. The molecular formula is C21H23N7O2. The number of carbonyl (C=O) groups excluding carboxylic acids is 1. The summed E-state index contributed by atoms with van der Waals surface area (Å²) in [6.07, 6.45) is 5.09. The Morgan fingerprint density at radius 2 is 1.63 bits per heavy atom. The third kappa shape index (κ3) is 3.76. The minimum absolute atomic E-state index is 0.0315. The molecule has 2 fully saturated rings. The molecule has 2 saturated heterocycles. The number of aromatic nitrogens is 4. The van der Waals surface area contributed by atoms with Crippen LogP contribution in [0, 0.1) is 0 Å². The van der Waals surface area contributed by atoms with Gasteiger partial charge in [0.2, 0.25) is 0 Å². The van der Waals surface area contributed by atoms with Crippen molar-refractivity contribution in [3.05, 3.63) is 48.4 Å². The van der Waals surface area contributed by atoms with Crippen molar-refractivity contribution >= 4 is 28.4 Å². The quantitative estimate of drug-likeness (QED) is 0.643. The summed E-state index contributed by atoms with van der Waals surface area (Å²) in [5.41, 5.74) is 3.22. The van der Waals surface area contributed by atoms with Crippen molar-refractivity contribution in [1.29, 1.82) is 0 Å². The molecule has 0 spiro atoms. The van der Waals surface area contributed by atoms with E-state index in [2.05, 4.69) is 36.0 Å². The van der Waals surface area contributed by atoms with Gasteiger partial charge in [-0.25, -0.2) is 0 Å². The van der Waals surface area contributed by atoms with E-state index < -0.39 is 0 Å². The van der Waals surface area contributed by atoms with Crippen molar-refractivity contribution in [2.45, 2.75) is 0 Å². The Morgan fingerprint density at radius 3 is 2.43 bits per heavy atom. The van der Waals surface area contributed by atoms with E-state index in [0.717, 1.165) is 48.7 Å². The number of piperazine rings is 1. The molecule has 0 radical (unpaired) electrons. The summed E-state index contributed by atoms with van der Waals surface area (Å²) < 4.78 is 5.42. The molecule has 2 aliphatic heterocycles. The van der Waals surface area contributed by atoms with E-state index in [9.17, 15) is 4.79 Å². The zero-order chi connectivity index (χ0) is 20.3. The molecule has 2 aliphatic rings. The summed E-state index contributed by atoms with van der Waals surface area (Å²) in [5, 5.41) is 8.48. The normalized spacial score (nSPS) is 17.4. The maximum atomic E-state index is 13.0. The van der Waals surface area contributed by atoms with Gasteiger partial charge in [-0.1, -0.05) is 0 Å². The van der Waals surface area contributed by atoms with Gasteiger partial charge in [0.25, 0.3) is 5.91 Å². The fourth-order valence-electron chi connectivity index (χ4n) is 3.91. The molecule has 0 bridgehead atoms. The van der Waals surface area contributed by atoms with E-state index in [1.165, 1.54) is 0 Å². The number of fused-ring (bicyclic) bond motifs is 1. The van der Waals surface area contributed by atoms with Crippen LogP contribution in [-0.2, 0) is 4.74 Å². The lowest BCUT2D eigenvalue weighted by Gasteiger charge is -2.36. The molecule has 154 valence electrons. The first-order valence-corrected chi connectivity index (χ1v) is 10.2. The summed E-state index contributed by atoms with van der Waals surface area (Å²) in [5.74, 6) is 0.913. The number of anilines is 2. The van der Waals surface area contributed by atoms with Gasteiger partial charge in [0, 0.05) is 63.3 Å². The Morgan fingerprint density at radius 1 is 0.867 bits per heavy atom. The maximum absolute atomic E-state index is 13.0. The second-order valence-electron chi connectivity index (χ2n) is 7.41. The molecule has 0 atom stereocenters. The van der Waals surface area contributed by atoms with E-state index in [4.69, 9.17) is 4.74 Å². The molecule has 1 amide bonds. The smallest absolute Gasteiger partial charge is 0.254 e. The number of carbonyl (C=O) groups is 1. The van der Waals surface area contributed by atoms with E-state index in [1.54, 1.807) is 18.6 Å². The highest BCUT2D eigenvalue weighted by Gasteiger charge is 2.23. The zero-order valence-corrected chi connectivity index (χ0v) is 16.6. The Labute approximate surface area is 174 Å². The predicted octanol–water partition coefficient (Wildman–Crippen LogP) is 1.22. The molecule has 0 N–H and O–H groups in total. The molecule has 2 aromatic heterocycles. The number of rotatable bonds is 3. The maximum Gasteiger partial charge on any atom is 0.254 e. The van der Waals surface area contributed by atoms with Crippen LogP contribution in [0.5, 0.6) is 0 Å². The molecule has 0 saturated carbocycles. The minimum atomic E-state index is 0.0315. The van der Waals surface area contributed by atoms with Gasteiger partial charge < -0.3 is 19.4 Å². The second kappa shape index (κ2) is 8.19. The average Bonchev–Trinajstić information content (AvgIpc) is 2.84. The summed E-state index contributed by atoms with van der Waals surface area (Å²) in [4.78, 5) is 27.9. The van der Waals surface area contributed by atoms with Crippen LogP contribution in [0.15, 0.2) is 42.9 Å². The first-order chi connectivity index (χ1) is 14.8. The van der Waals surface area contributed by atoms with Crippen LogP contribution in [0.2, 0.25) is 0 Å². The van der Waals surface area contributed by atoms with Crippen LogP contribution in [0.4, 0.5) is 11.5 Å². The monoisotopic (exact) mass is 405 g/mol. The van der Waals surface area contributed by atoms with E-state index >= 15 is 0 Å². The first kappa shape index (κ1) is 18.7. The predicted molar refractivity (Wildman–Crippen MR) is 113 cm³/mol. The van der Waals surface area contributed by atoms with Gasteiger partial charge in [-0.05, 0) is 18.2 Å². The highest BCUT2D eigenvalue weighted by molar-refractivity contribution is 5.97. The highest BCUT2D eigenvalue weighted by atomic mass is 16.5. The largest absolute Gasteiger partial charge is 0.378 e. The van der Waals surface area contributed by atoms with E-state index in [-0.39, 0.29) is 5.91 Å². The van der Waals surface area contributed by atoms with Gasteiger partial charge in [-0.15, -0.1) is 5.10 Å². The number of hydrogen-bond donors (Lipinski definition) is 0. The molecule has 30 heavy (non-hydrogen) atoms. The topological polar surface area (TPSA) is 87.6 Å². The average molecular weight is 405 g/mol. The van der Waals surface area contributed by atoms with Gasteiger partial charge in [0.15, 0.2) is 5.82 Å². The molecular weight excluding hydrogens is 382 g/mol. The summed E-state index contributed by atoms with van der Waals surface area (Å²) in [6, 6.07) is 7.57. The fourth-order valence-corrected chi connectivity index (χ4v) is 3.91. The summed E-state index contributed by atoms with van der Waals surface area (Å²) in [7, 11) is 0. The van der Waals surface area contributed by atoms with Crippen molar-refractivity contribution < 1.29 is 9.53 Å². The Bertz CT molecular complexity index is 1050. The third-order valence-corrected chi connectivity index (χ3v) is 5.61. The summed E-state index contributed by atoms with van der Waals surface area (Å²) >= 11 is 0. The lowest BCUT2D eigenvalue weighted by molar-refractivity contribution is 0.0747. The number of benzene rings is 1. The van der Waals surface area contributed by atoms with Gasteiger partial charge >= 0.3 is 0 Å². The first-order valence-electron chi connectivity index (χ1n) is 10.2. The molecule has 4 heterocycles. The van der Waals surface area contributed by atoms with Gasteiger partial charge in [0.05, 0.1) is 36.1 Å². The molecule has 3 aromatic rings. The SMILES string of the molecule is O=C(c1ccc2nccnc2c1)N1CCN(c2cnnc(N3CCOCC3)c2)CC1. The van der Waals surface area contributed by atoms with Gasteiger partial charge in [-0.3, -0.25) is 14.8 Å². The van der Waals surface area contributed by atoms with E-state index in [1.807, 2.05) is 23.1 Å². The van der Waals surface area contributed by atoms with Crippen molar-refractivity contribution in [3.8, 4) is 0 Å². The van der Waals surface area contributed by atoms with Crippen molar-refractivity contribution in [1.82, 2.24) is 25.1 Å². The van der Waals surface area contributed by atoms with Crippen LogP contribution >= 0.6 is 0 Å². The molecule has 5 rings (SSSR count). The Kier molecular flexibility index (Phi) is 5.10. The standard InChI is InChI=1S/C21H23N7O2/c29-21(16-1-2-18-19(13-16)23-4-3-22-18)28-7-5-26(6-8-28)17-14-20(25-24-15-17)27-9-11-30-12-10-27/h1-4,13-15H,5-12H2. The van der Waals surface area contributed by atoms with E-state index in [0.29, 0.717) is 31.9 Å². The third-order valence-electron chi connectivity index (χ3n) is 5.61. The molecule has 0 unspecified atom stereocenters. The van der Waals surface area contributed by atoms with Crippen LogP contribution in [0.1, 0.15) is 10.4 Å². The minimum Gasteiger partial charge on any atom is -0.378 e. The second-order valence-corrected chi connectivity index (χ2v) is 7.41. The van der Waals surface area contributed by atoms with Crippen LogP contribution in [0.3, 0.4) is 0 Å². The lowest BCUT2D eigenvalue weighted by atomic mass is 10.1. The number of nitrogens with zero attached hydrogens (tertiary/aromatic N) is 7. The van der Waals surface area contributed by atoms with Gasteiger partial charge in [-0.2, -0.15) is 5.10 Å². The van der Waals surface area contributed by atoms with Crippen molar-refractivity contribution in [3.63, 3.8) is 0 Å². The van der Waals surface area contributed by atoms with Crippen molar-refractivity contribution in [2.24, 2.45) is 0 Å². The number of hydrogen-bond acceptors (Lipinski definition) is 8. The molecule has 9 nitrogen and oxygen atoms in total.